The zero-order valence-electron chi connectivity index (χ0n) is 21.9. The Morgan fingerprint density at radius 3 is 2.11 bits per heavy atom. The van der Waals surface area contributed by atoms with E-state index in [-0.39, 0.29) is 18.9 Å². The molecule has 0 aliphatic heterocycles. The first-order chi connectivity index (χ1) is 18.1. The summed E-state index contributed by atoms with van der Waals surface area (Å²) in [5, 5.41) is 3.32. The monoisotopic (exact) mass is 555 g/mol. The number of carbonyl (C=O) groups excluding carboxylic acids is 2. The smallest absolute Gasteiger partial charge is 0.244 e. The van der Waals surface area contributed by atoms with Gasteiger partial charge in [0.2, 0.25) is 21.8 Å². The molecule has 0 aliphatic carbocycles. The van der Waals surface area contributed by atoms with Crippen LogP contribution in [0.25, 0.3) is 0 Å². The van der Waals surface area contributed by atoms with E-state index in [2.05, 4.69) is 5.32 Å². The molecule has 0 aromatic heterocycles. The fourth-order valence-electron chi connectivity index (χ4n) is 4.16. The first-order valence-electron chi connectivity index (χ1n) is 12.5. The lowest BCUT2D eigenvalue weighted by molar-refractivity contribution is -0.140. The van der Waals surface area contributed by atoms with Crippen LogP contribution in [-0.2, 0) is 32.6 Å². The molecule has 3 aromatic rings. The SMILES string of the molecule is CCCNC(=O)[C@@H](Cc1ccccc1)N(Cc1ccccc1)C(=O)CN(c1cccc(Cl)c1C)S(C)(=O)=O. The Balaban J connectivity index is 2.05. The Morgan fingerprint density at radius 1 is 0.921 bits per heavy atom. The van der Waals surface area contributed by atoms with Crippen LogP contribution in [0.15, 0.2) is 78.9 Å². The van der Waals surface area contributed by atoms with Crippen LogP contribution in [-0.4, -0.2) is 50.5 Å². The van der Waals surface area contributed by atoms with Crippen molar-refractivity contribution in [2.45, 2.75) is 39.3 Å². The summed E-state index contributed by atoms with van der Waals surface area (Å²) in [5.41, 5.74) is 2.58. The van der Waals surface area contributed by atoms with Gasteiger partial charge in [-0.3, -0.25) is 13.9 Å². The molecule has 1 N–H and O–H groups in total. The zero-order valence-corrected chi connectivity index (χ0v) is 23.5. The number of hydrogen-bond acceptors (Lipinski definition) is 4. The van der Waals surface area contributed by atoms with E-state index in [1.54, 1.807) is 25.1 Å². The molecule has 9 heteroatoms. The Morgan fingerprint density at radius 2 is 1.53 bits per heavy atom. The van der Waals surface area contributed by atoms with Gasteiger partial charge in [0.05, 0.1) is 11.9 Å². The number of nitrogens with zero attached hydrogens (tertiary/aromatic N) is 2. The van der Waals surface area contributed by atoms with E-state index in [9.17, 15) is 18.0 Å². The van der Waals surface area contributed by atoms with Crippen molar-refractivity contribution in [3.63, 3.8) is 0 Å². The van der Waals surface area contributed by atoms with Crippen molar-refractivity contribution in [2.24, 2.45) is 0 Å². The van der Waals surface area contributed by atoms with Crippen LogP contribution in [0.2, 0.25) is 5.02 Å². The van der Waals surface area contributed by atoms with Gasteiger partial charge in [-0.25, -0.2) is 8.42 Å². The molecule has 0 aliphatic rings. The maximum Gasteiger partial charge on any atom is 0.244 e. The molecule has 202 valence electrons. The molecule has 7 nitrogen and oxygen atoms in total. The summed E-state index contributed by atoms with van der Waals surface area (Å²) in [6.45, 7) is 3.80. The predicted molar refractivity (Wildman–Crippen MR) is 153 cm³/mol. The molecule has 0 heterocycles. The van der Waals surface area contributed by atoms with Crippen molar-refractivity contribution < 1.29 is 18.0 Å². The minimum absolute atomic E-state index is 0.142. The Kier molecular flexibility index (Phi) is 10.3. The van der Waals surface area contributed by atoms with Crippen LogP contribution < -0.4 is 9.62 Å². The van der Waals surface area contributed by atoms with Crippen molar-refractivity contribution in [3.8, 4) is 0 Å². The van der Waals surface area contributed by atoms with Crippen LogP contribution >= 0.6 is 11.6 Å². The molecule has 0 saturated carbocycles. The minimum atomic E-state index is -3.85. The van der Waals surface area contributed by atoms with Gasteiger partial charge in [-0.1, -0.05) is 85.3 Å². The normalized spacial score (nSPS) is 12.0. The van der Waals surface area contributed by atoms with Gasteiger partial charge in [0.15, 0.2) is 0 Å². The summed E-state index contributed by atoms with van der Waals surface area (Å²) in [5.74, 6) is -0.781. The molecular weight excluding hydrogens is 522 g/mol. The highest BCUT2D eigenvalue weighted by molar-refractivity contribution is 7.92. The second kappa shape index (κ2) is 13.4. The van der Waals surface area contributed by atoms with Gasteiger partial charge in [-0.15, -0.1) is 0 Å². The molecule has 0 fully saturated rings. The molecule has 3 rings (SSSR count). The third-order valence-corrected chi connectivity index (χ3v) is 7.74. The van der Waals surface area contributed by atoms with Crippen LogP contribution in [0.1, 0.15) is 30.0 Å². The molecule has 0 radical (unpaired) electrons. The molecule has 0 unspecified atom stereocenters. The van der Waals surface area contributed by atoms with E-state index in [0.717, 1.165) is 28.1 Å². The van der Waals surface area contributed by atoms with Gasteiger partial charge in [-0.2, -0.15) is 0 Å². The highest BCUT2D eigenvalue weighted by atomic mass is 35.5. The average Bonchev–Trinajstić information content (AvgIpc) is 2.90. The number of amides is 2. The number of rotatable bonds is 12. The Hall–Kier alpha value is -3.36. The molecule has 1 atom stereocenters. The largest absolute Gasteiger partial charge is 0.354 e. The standard InChI is InChI=1S/C29H34ClN3O4S/c1-4-18-31-29(35)27(19-23-12-7-5-8-13-23)32(20-24-14-9-6-10-15-24)28(34)21-33(38(3,36)37)26-17-11-16-25(30)22(26)2/h5-17,27H,4,18-21H2,1-3H3,(H,31,35)/t27-/m1/s1. The van der Waals surface area contributed by atoms with Crippen molar-refractivity contribution >= 4 is 39.1 Å². The number of halogens is 1. The summed E-state index contributed by atoms with van der Waals surface area (Å²) < 4.78 is 26.8. The molecule has 2 amide bonds. The zero-order chi connectivity index (χ0) is 27.7. The van der Waals surface area contributed by atoms with Crippen molar-refractivity contribution in [3.05, 3.63) is 101 Å². The minimum Gasteiger partial charge on any atom is -0.354 e. The predicted octanol–water partition coefficient (Wildman–Crippen LogP) is 4.58. The Labute approximate surface area is 230 Å². The van der Waals surface area contributed by atoms with E-state index in [1.165, 1.54) is 4.90 Å². The average molecular weight is 556 g/mol. The quantitative estimate of drug-likeness (QED) is 0.354. The third kappa shape index (κ3) is 7.82. The van der Waals surface area contributed by atoms with Crippen LogP contribution in [0.5, 0.6) is 0 Å². The highest BCUT2D eigenvalue weighted by Gasteiger charge is 2.33. The maximum absolute atomic E-state index is 14.0. The van der Waals surface area contributed by atoms with E-state index in [1.807, 2.05) is 67.6 Å². The first kappa shape index (κ1) is 29.2. The lowest BCUT2D eigenvalue weighted by Crippen LogP contribution is -2.53. The van der Waals surface area contributed by atoms with Crippen molar-refractivity contribution in [1.29, 1.82) is 0 Å². The van der Waals surface area contributed by atoms with E-state index < -0.39 is 28.5 Å². The van der Waals surface area contributed by atoms with E-state index >= 15 is 0 Å². The van der Waals surface area contributed by atoms with Gasteiger partial charge in [0, 0.05) is 24.5 Å². The highest BCUT2D eigenvalue weighted by Crippen LogP contribution is 2.28. The van der Waals surface area contributed by atoms with Crippen molar-refractivity contribution in [2.75, 3.05) is 23.7 Å². The van der Waals surface area contributed by atoms with Gasteiger partial charge >= 0.3 is 0 Å². The van der Waals surface area contributed by atoms with Gasteiger partial charge in [0.25, 0.3) is 0 Å². The number of benzene rings is 3. The summed E-state index contributed by atoms with van der Waals surface area (Å²) in [7, 11) is -3.85. The Bertz CT molecular complexity index is 1330. The fraction of sp³-hybridized carbons (Fsp3) is 0.310. The third-order valence-electron chi connectivity index (χ3n) is 6.20. The summed E-state index contributed by atoms with van der Waals surface area (Å²) in [6, 6.07) is 22.9. The molecule has 3 aromatic carbocycles. The van der Waals surface area contributed by atoms with Gasteiger partial charge in [0.1, 0.15) is 12.6 Å². The first-order valence-corrected chi connectivity index (χ1v) is 14.7. The van der Waals surface area contributed by atoms with E-state index in [4.69, 9.17) is 11.6 Å². The molecular formula is C29H34ClN3O4S. The van der Waals surface area contributed by atoms with Crippen LogP contribution in [0.4, 0.5) is 5.69 Å². The van der Waals surface area contributed by atoms with Gasteiger partial charge in [-0.05, 0) is 42.2 Å². The molecule has 0 saturated heterocycles. The molecule has 0 spiro atoms. The number of carbonyl (C=O) groups is 2. The second-order valence-electron chi connectivity index (χ2n) is 9.16. The number of anilines is 1. The number of sulfonamides is 1. The van der Waals surface area contributed by atoms with Crippen molar-refractivity contribution in [1.82, 2.24) is 10.2 Å². The molecule has 38 heavy (non-hydrogen) atoms. The topological polar surface area (TPSA) is 86.8 Å². The number of nitrogens with one attached hydrogen (secondary N) is 1. The maximum atomic E-state index is 14.0. The summed E-state index contributed by atoms with van der Waals surface area (Å²) in [4.78, 5) is 28.9. The van der Waals surface area contributed by atoms with Crippen LogP contribution in [0.3, 0.4) is 0 Å². The molecule has 0 bridgehead atoms. The van der Waals surface area contributed by atoms with E-state index in [0.29, 0.717) is 22.8 Å². The van der Waals surface area contributed by atoms with Crippen LogP contribution in [0, 0.1) is 6.92 Å². The lowest BCUT2D eigenvalue weighted by atomic mass is 10.0. The lowest BCUT2D eigenvalue weighted by Gasteiger charge is -2.33. The fourth-order valence-corrected chi connectivity index (χ4v) is 5.23. The number of hydrogen-bond donors (Lipinski definition) is 1. The van der Waals surface area contributed by atoms with Gasteiger partial charge < -0.3 is 10.2 Å². The summed E-state index contributed by atoms with van der Waals surface area (Å²) >= 11 is 6.28. The second-order valence-corrected chi connectivity index (χ2v) is 11.5. The summed E-state index contributed by atoms with van der Waals surface area (Å²) in [6.07, 6.45) is 2.08.